The fourth-order valence-electron chi connectivity index (χ4n) is 6.11. The van der Waals surface area contributed by atoms with Crippen LogP contribution in [0.3, 0.4) is 0 Å². The van der Waals surface area contributed by atoms with E-state index in [0.29, 0.717) is 12.8 Å². The number of esters is 2. The number of unbranched alkanes of at least 4 members (excludes halogenated alkanes) is 20. The van der Waals surface area contributed by atoms with Gasteiger partial charge in [-0.2, -0.15) is 0 Å². The molecule has 3 unspecified atom stereocenters. The first-order valence-electron chi connectivity index (χ1n) is 22.6. The number of aliphatic hydroxyl groups excluding tert-OH is 2. The number of carbonyl (C=O) groups is 2. The molecule has 0 aromatic heterocycles. The summed E-state index contributed by atoms with van der Waals surface area (Å²) in [4.78, 5) is 34.5. The minimum Gasteiger partial charge on any atom is -0.457 e. The van der Waals surface area contributed by atoms with E-state index < -0.39 is 58.4 Å². The third kappa shape index (κ3) is 40.5. The van der Waals surface area contributed by atoms with Gasteiger partial charge in [0.1, 0.15) is 12.2 Å². The molecule has 10 nitrogen and oxygen atoms in total. The summed E-state index contributed by atoms with van der Waals surface area (Å²) in [6.07, 6.45) is 45.2. The minimum atomic E-state index is -4.65. The highest BCUT2D eigenvalue weighted by Gasteiger charge is 2.27. The van der Waals surface area contributed by atoms with E-state index in [1.807, 2.05) is 0 Å². The van der Waals surface area contributed by atoms with Crippen LogP contribution in [0.2, 0.25) is 0 Å². The van der Waals surface area contributed by atoms with Crippen LogP contribution in [0.15, 0.2) is 48.6 Å². The van der Waals surface area contributed by atoms with Gasteiger partial charge < -0.3 is 24.6 Å². The molecule has 57 heavy (non-hydrogen) atoms. The van der Waals surface area contributed by atoms with Crippen molar-refractivity contribution < 1.29 is 47.8 Å². The average Bonchev–Trinajstić information content (AvgIpc) is 3.20. The van der Waals surface area contributed by atoms with E-state index in [4.69, 9.17) is 18.5 Å². The van der Waals surface area contributed by atoms with Crippen LogP contribution < -0.4 is 0 Å². The number of allylic oxidation sites excluding steroid dienone is 8. The molecular formula is C46H83O10P. The third-order valence-electron chi connectivity index (χ3n) is 9.56. The Kier molecular flexibility index (Phi) is 40.5. The summed E-state index contributed by atoms with van der Waals surface area (Å²) >= 11 is 0. The number of carbonyl (C=O) groups excluding carboxylic acids is 2. The van der Waals surface area contributed by atoms with Gasteiger partial charge in [-0.3, -0.25) is 18.6 Å². The lowest BCUT2D eigenvalue weighted by atomic mass is 10.0. The lowest BCUT2D eigenvalue weighted by Crippen LogP contribution is -2.28. The molecule has 0 rings (SSSR count). The van der Waals surface area contributed by atoms with Gasteiger partial charge in [-0.25, -0.2) is 4.57 Å². The van der Waals surface area contributed by atoms with E-state index in [1.165, 1.54) is 96.3 Å². The predicted molar refractivity (Wildman–Crippen MR) is 233 cm³/mol. The average molecular weight is 827 g/mol. The van der Waals surface area contributed by atoms with E-state index >= 15 is 0 Å². The van der Waals surface area contributed by atoms with Gasteiger partial charge in [-0.15, -0.1) is 0 Å². The molecule has 0 fully saturated rings. The molecule has 0 spiro atoms. The van der Waals surface area contributed by atoms with Crippen molar-refractivity contribution in [1.29, 1.82) is 0 Å². The molecule has 0 aliphatic carbocycles. The standard InChI is InChI=1S/C46H83O10P/c1-3-5-7-9-11-13-15-17-19-20-21-22-24-26-28-30-32-34-36-38-46(50)56-44(40-48)42-54-57(51,52)53-41-43(39-47)55-45(49)37-35-33-31-29-27-25-23-18-16-14-12-10-8-6-4-2/h6,8,12,14,18,23,27,29,43-44,47-48H,3-5,7,9-11,13,15-17,19-22,24-26,28,30-42H2,1-2H3,(H,51,52)/b8-6-,14-12-,23-18-,29-27-. The summed E-state index contributed by atoms with van der Waals surface area (Å²) in [7, 11) is -4.65. The maximum absolute atomic E-state index is 12.4. The maximum Gasteiger partial charge on any atom is 0.472 e. The number of phosphoric acid groups is 1. The quantitative estimate of drug-likeness (QED) is 0.0235. The maximum atomic E-state index is 12.4. The molecule has 3 atom stereocenters. The summed E-state index contributed by atoms with van der Waals surface area (Å²) in [5.41, 5.74) is 0. The third-order valence-corrected chi connectivity index (χ3v) is 10.5. The molecule has 0 heterocycles. The second-order valence-electron chi connectivity index (χ2n) is 15.0. The van der Waals surface area contributed by atoms with Gasteiger partial charge in [0, 0.05) is 12.8 Å². The highest BCUT2D eigenvalue weighted by Crippen LogP contribution is 2.43. The molecule has 0 aromatic rings. The van der Waals surface area contributed by atoms with Crippen LogP contribution in [0.5, 0.6) is 0 Å². The summed E-state index contributed by atoms with van der Waals surface area (Å²) in [5.74, 6) is -1.06. The van der Waals surface area contributed by atoms with Crippen LogP contribution >= 0.6 is 7.82 Å². The number of aliphatic hydroxyl groups is 2. The number of ether oxygens (including phenoxy) is 2. The van der Waals surface area contributed by atoms with E-state index in [2.05, 4.69) is 62.5 Å². The van der Waals surface area contributed by atoms with Crippen LogP contribution in [0.25, 0.3) is 0 Å². The zero-order valence-corrected chi connectivity index (χ0v) is 36.9. The van der Waals surface area contributed by atoms with Crippen molar-refractivity contribution in [2.24, 2.45) is 0 Å². The molecule has 0 aliphatic rings. The molecular weight excluding hydrogens is 743 g/mol. The fourth-order valence-corrected chi connectivity index (χ4v) is 6.89. The van der Waals surface area contributed by atoms with Crippen molar-refractivity contribution in [1.82, 2.24) is 0 Å². The second-order valence-corrected chi connectivity index (χ2v) is 16.5. The van der Waals surface area contributed by atoms with Gasteiger partial charge >= 0.3 is 19.8 Å². The number of phosphoric ester groups is 1. The Morgan fingerprint density at radius 2 is 0.825 bits per heavy atom. The Morgan fingerprint density at radius 3 is 1.19 bits per heavy atom. The zero-order chi connectivity index (χ0) is 41.9. The van der Waals surface area contributed by atoms with Gasteiger partial charge in [0.05, 0.1) is 26.4 Å². The van der Waals surface area contributed by atoms with Crippen LogP contribution in [0.1, 0.15) is 194 Å². The molecule has 0 aromatic carbocycles. The number of hydrogen-bond acceptors (Lipinski definition) is 9. The van der Waals surface area contributed by atoms with Crippen molar-refractivity contribution >= 4 is 19.8 Å². The van der Waals surface area contributed by atoms with Crippen molar-refractivity contribution in [3.05, 3.63) is 48.6 Å². The SMILES string of the molecule is CC/C=C\C/C=C\C/C=C\C/C=C\CCCCC(=O)OC(CO)COP(=O)(O)OCC(CO)OC(=O)CCCCCCCCCCCCCCCCCCCCC. The molecule has 3 N–H and O–H groups in total. The van der Waals surface area contributed by atoms with E-state index in [0.717, 1.165) is 57.8 Å². The van der Waals surface area contributed by atoms with Crippen molar-refractivity contribution in [3.63, 3.8) is 0 Å². The number of hydrogen-bond donors (Lipinski definition) is 3. The Balaban J connectivity index is 3.92. The largest absolute Gasteiger partial charge is 0.472 e. The first-order valence-corrected chi connectivity index (χ1v) is 24.1. The van der Waals surface area contributed by atoms with E-state index in [9.17, 15) is 29.3 Å². The predicted octanol–water partition coefficient (Wildman–Crippen LogP) is 12.1. The van der Waals surface area contributed by atoms with Gasteiger partial charge in [-0.05, 0) is 51.4 Å². The molecule has 0 aliphatic heterocycles. The van der Waals surface area contributed by atoms with Gasteiger partial charge in [0.2, 0.25) is 0 Å². The van der Waals surface area contributed by atoms with Crippen molar-refractivity contribution in [2.45, 2.75) is 206 Å². The Hall–Kier alpha value is -2.07. The highest BCUT2D eigenvalue weighted by atomic mass is 31.2. The normalized spacial score (nSPS) is 14.3. The van der Waals surface area contributed by atoms with Crippen molar-refractivity contribution in [2.75, 3.05) is 26.4 Å². The smallest absolute Gasteiger partial charge is 0.457 e. The Bertz CT molecular complexity index is 1090. The van der Waals surface area contributed by atoms with Gasteiger partial charge in [0.15, 0.2) is 0 Å². The summed E-state index contributed by atoms with van der Waals surface area (Å²) in [5, 5.41) is 19.2. The van der Waals surface area contributed by atoms with Crippen LogP contribution in [0.4, 0.5) is 0 Å². The van der Waals surface area contributed by atoms with Crippen LogP contribution in [-0.2, 0) is 32.7 Å². The highest BCUT2D eigenvalue weighted by molar-refractivity contribution is 7.47. The monoisotopic (exact) mass is 827 g/mol. The fraction of sp³-hybridized carbons (Fsp3) is 0.783. The molecule has 0 radical (unpaired) electrons. The molecule has 11 heteroatoms. The van der Waals surface area contributed by atoms with Crippen LogP contribution in [-0.4, -0.2) is 65.7 Å². The second kappa shape index (κ2) is 42.1. The summed E-state index contributed by atoms with van der Waals surface area (Å²) < 4.78 is 32.6. The topological polar surface area (TPSA) is 149 Å². The Morgan fingerprint density at radius 1 is 0.491 bits per heavy atom. The Labute approximate surface area is 347 Å². The first kappa shape index (κ1) is 54.9. The number of rotatable bonds is 42. The lowest BCUT2D eigenvalue weighted by Gasteiger charge is -2.20. The molecule has 0 saturated heterocycles. The molecule has 0 amide bonds. The zero-order valence-electron chi connectivity index (χ0n) is 36.0. The molecule has 0 bridgehead atoms. The molecule has 332 valence electrons. The minimum absolute atomic E-state index is 0.139. The summed E-state index contributed by atoms with van der Waals surface area (Å²) in [6.45, 7) is 2.06. The van der Waals surface area contributed by atoms with Gasteiger partial charge in [-0.1, -0.05) is 178 Å². The van der Waals surface area contributed by atoms with E-state index in [1.54, 1.807) is 0 Å². The van der Waals surface area contributed by atoms with Crippen LogP contribution in [0, 0.1) is 0 Å². The lowest BCUT2D eigenvalue weighted by molar-refractivity contribution is -0.153. The van der Waals surface area contributed by atoms with E-state index in [-0.39, 0.29) is 12.8 Å². The summed E-state index contributed by atoms with van der Waals surface area (Å²) in [6, 6.07) is 0. The van der Waals surface area contributed by atoms with Gasteiger partial charge in [0.25, 0.3) is 0 Å². The first-order chi connectivity index (χ1) is 27.8. The van der Waals surface area contributed by atoms with Crippen molar-refractivity contribution in [3.8, 4) is 0 Å². The molecule has 0 saturated carbocycles.